The van der Waals surface area contributed by atoms with E-state index in [2.05, 4.69) is 11.9 Å². The maximum absolute atomic E-state index is 12.3. The van der Waals surface area contributed by atoms with Gasteiger partial charge < -0.3 is 25.4 Å². The molecule has 1 fully saturated rings. The molecule has 21 heavy (non-hydrogen) atoms. The molecule has 122 valence electrons. The van der Waals surface area contributed by atoms with Gasteiger partial charge in [-0.1, -0.05) is 12.2 Å². The summed E-state index contributed by atoms with van der Waals surface area (Å²) < 4.78 is 29.8. The lowest BCUT2D eigenvalue weighted by atomic mass is 9.98. The van der Waals surface area contributed by atoms with Gasteiger partial charge in [0.2, 0.25) is 5.91 Å². The molecule has 0 saturated carbocycles. The van der Waals surface area contributed by atoms with Crippen LogP contribution in [0, 0.1) is 0 Å². The van der Waals surface area contributed by atoms with Gasteiger partial charge in [0, 0.05) is 6.92 Å². The number of ether oxygens (including phenoxy) is 1. The average Bonchev–Trinajstić information content (AvgIpc) is 2.33. The molecule has 0 aromatic carbocycles. The van der Waals surface area contributed by atoms with Crippen LogP contribution in [0.3, 0.4) is 0 Å². The van der Waals surface area contributed by atoms with Gasteiger partial charge in [-0.05, 0) is 6.92 Å². The maximum Gasteiger partial charge on any atom is 0.217 e. The second-order valence-corrected chi connectivity index (χ2v) is 7.28. The number of carbonyl (C=O) groups is 1. The van der Waals surface area contributed by atoms with E-state index in [-0.39, 0.29) is 0 Å². The molecular formula is C12H21NO7S. The number of hydrogen-bond acceptors (Lipinski definition) is 7. The lowest BCUT2D eigenvalue weighted by Gasteiger charge is -2.42. The number of aliphatic hydroxyl groups excluding tert-OH is 3. The molecule has 1 heterocycles. The van der Waals surface area contributed by atoms with Crippen molar-refractivity contribution in [2.45, 2.75) is 43.6 Å². The molecule has 0 aromatic rings. The fourth-order valence-corrected chi connectivity index (χ4v) is 4.04. The van der Waals surface area contributed by atoms with Gasteiger partial charge in [0.1, 0.15) is 18.3 Å². The first-order valence-electron chi connectivity index (χ1n) is 6.35. The van der Waals surface area contributed by atoms with E-state index in [0.717, 1.165) is 6.92 Å². The van der Waals surface area contributed by atoms with Crippen molar-refractivity contribution in [2.75, 3.05) is 12.4 Å². The van der Waals surface area contributed by atoms with E-state index < -0.39 is 57.9 Å². The standard InChI is InChI=1S/C12H21NO7S/c1-6(2)5-21(18,19)12-9(13-7(3)15)11(17)10(16)8(4-14)20-12/h8-12,14,16-17H,1,4-5H2,2-3H3,(H,13,15)/t8-,9-,10-,11-,12+/m1/s1. The zero-order chi connectivity index (χ0) is 16.4. The zero-order valence-electron chi connectivity index (χ0n) is 11.9. The van der Waals surface area contributed by atoms with E-state index in [1.807, 2.05) is 0 Å². The molecule has 0 spiro atoms. The largest absolute Gasteiger partial charge is 0.394 e. The number of sulfone groups is 1. The molecule has 0 aromatic heterocycles. The Morgan fingerprint density at radius 1 is 1.29 bits per heavy atom. The summed E-state index contributed by atoms with van der Waals surface area (Å²) in [5.74, 6) is -0.970. The fourth-order valence-electron chi connectivity index (χ4n) is 2.20. The molecule has 1 saturated heterocycles. The van der Waals surface area contributed by atoms with E-state index in [1.165, 1.54) is 6.92 Å². The SMILES string of the molecule is C=C(C)CS(=O)(=O)[C@@H]1O[C@H](CO)[C@@H](O)[C@H](O)[C@H]1NC(C)=O. The second kappa shape index (κ2) is 6.84. The smallest absolute Gasteiger partial charge is 0.217 e. The minimum absolute atomic E-state index is 0.362. The lowest BCUT2D eigenvalue weighted by Crippen LogP contribution is -2.65. The zero-order valence-corrected chi connectivity index (χ0v) is 12.7. The van der Waals surface area contributed by atoms with Crippen LogP contribution in [0.1, 0.15) is 13.8 Å². The van der Waals surface area contributed by atoms with Crippen molar-refractivity contribution in [1.29, 1.82) is 0 Å². The third-order valence-corrected chi connectivity index (χ3v) is 5.06. The highest BCUT2D eigenvalue weighted by molar-refractivity contribution is 7.92. The Kier molecular flexibility index (Phi) is 5.88. The number of nitrogens with one attached hydrogen (secondary N) is 1. The third-order valence-electron chi connectivity index (χ3n) is 3.05. The van der Waals surface area contributed by atoms with Gasteiger partial charge >= 0.3 is 0 Å². The van der Waals surface area contributed by atoms with Crippen molar-refractivity contribution in [2.24, 2.45) is 0 Å². The lowest BCUT2D eigenvalue weighted by molar-refractivity contribution is -0.175. The number of rotatable bonds is 5. The van der Waals surface area contributed by atoms with Crippen molar-refractivity contribution in [3.63, 3.8) is 0 Å². The van der Waals surface area contributed by atoms with Gasteiger partial charge in [-0.3, -0.25) is 4.79 Å². The van der Waals surface area contributed by atoms with Crippen LogP contribution in [0.25, 0.3) is 0 Å². The average molecular weight is 323 g/mol. The number of amides is 1. The number of carbonyl (C=O) groups excluding carboxylic acids is 1. The van der Waals surface area contributed by atoms with Crippen LogP contribution in [0.15, 0.2) is 12.2 Å². The summed E-state index contributed by atoms with van der Waals surface area (Å²) in [7, 11) is -3.90. The Bertz CT molecular complexity index is 504. The molecule has 1 rings (SSSR count). The van der Waals surface area contributed by atoms with E-state index in [4.69, 9.17) is 9.84 Å². The van der Waals surface area contributed by atoms with Gasteiger partial charge in [-0.2, -0.15) is 0 Å². The summed E-state index contributed by atoms with van der Waals surface area (Å²) in [4.78, 5) is 11.2. The van der Waals surface area contributed by atoms with Crippen molar-refractivity contribution in [3.05, 3.63) is 12.2 Å². The van der Waals surface area contributed by atoms with Crippen molar-refractivity contribution in [1.82, 2.24) is 5.32 Å². The molecule has 8 nitrogen and oxygen atoms in total. The summed E-state index contributed by atoms with van der Waals surface area (Å²) in [5, 5.41) is 31.2. The monoisotopic (exact) mass is 323 g/mol. The molecular weight excluding hydrogens is 302 g/mol. The van der Waals surface area contributed by atoms with Crippen molar-refractivity contribution in [3.8, 4) is 0 Å². The Balaban J connectivity index is 3.15. The van der Waals surface area contributed by atoms with E-state index in [9.17, 15) is 23.4 Å². The normalized spacial score (nSPS) is 33.5. The topological polar surface area (TPSA) is 133 Å². The highest BCUT2D eigenvalue weighted by Gasteiger charge is 2.49. The van der Waals surface area contributed by atoms with Crippen LogP contribution in [-0.4, -0.2) is 71.8 Å². The van der Waals surface area contributed by atoms with Crippen LogP contribution in [0.4, 0.5) is 0 Å². The summed E-state index contributed by atoms with van der Waals surface area (Å²) in [5.41, 5.74) is -1.21. The van der Waals surface area contributed by atoms with Crippen LogP contribution in [-0.2, 0) is 19.4 Å². The summed E-state index contributed by atoms with van der Waals surface area (Å²) in [6.45, 7) is 5.52. The Labute approximate surface area is 123 Å². The van der Waals surface area contributed by atoms with Gasteiger partial charge in [0.05, 0.1) is 18.4 Å². The Hall–Kier alpha value is -1.00. The minimum Gasteiger partial charge on any atom is -0.394 e. The van der Waals surface area contributed by atoms with Crippen molar-refractivity contribution >= 4 is 15.7 Å². The Morgan fingerprint density at radius 3 is 2.29 bits per heavy atom. The molecule has 4 N–H and O–H groups in total. The van der Waals surface area contributed by atoms with Gasteiger partial charge in [-0.15, -0.1) is 0 Å². The van der Waals surface area contributed by atoms with Gasteiger partial charge in [-0.25, -0.2) is 8.42 Å². The first-order chi connectivity index (χ1) is 9.60. The maximum atomic E-state index is 12.3. The van der Waals surface area contributed by atoms with Gasteiger partial charge in [0.25, 0.3) is 0 Å². The molecule has 1 amide bonds. The van der Waals surface area contributed by atoms with Crippen LogP contribution >= 0.6 is 0 Å². The summed E-state index contributed by atoms with van der Waals surface area (Å²) in [6.07, 6.45) is -4.34. The highest BCUT2D eigenvalue weighted by atomic mass is 32.2. The van der Waals surface area contributed by atoms with Crippen LogP contribution in [0.5, 0.6) is 0 Å². The number of aliphatic hydroxyl groups is 3. The molecule has 0 bridgehead atoms. The second-order valence-electron chi connectivity index (χ2n) is 5.20. The first kappa shape index (κ1) is 18.1. The predicted octanol–water partition coefficient (Wildman–Crippen LogP) is -2.08. The minimum atomic E-state index is -3.90. The van der Waals surface area contributed by atoms with E-state index >= 15 is 0 Å². The summed E-state index contributed by atoms with van der Waals surface area (Å²) in [6, 6.07) is -1.33. The molecule has 1 aliphatic rings. The van der Waals surface area contributed by atoms with Gasteiger partial charge in [0.15, 0.2) is 15.3 Å². The quantitative estimate of drug-likeness (QED) is 0.427. The predicted molar refractivity (Wildman–Crippen MR) is 74.0 cm³/mol. The van der Waals surface area contributed by atoms with E-state index in [0.29, 0.717) is 5.57 Å². The summed E-state index contributed by atoms with van der Waals surface area (Å²) >= 11 is 0. The molecule has 0 aliphatic carbocycles. The Morgan fingerprint density at radius 2 is 1.86 bits per heavy atom. The third kappa shape index (κ3) is 4.24. The molecule has 9 heteroatoms. The van der Waals surface area contributed by atoms with E-state index in [1.54, 1.807) is 0 Å². The molecule has 5 atom stereocenters. The number of hydrogen-bond donors (Lipinski definition) is 4. The molecule has 0 unspecified atom stereocenters. The first-order valence-corrected chi connectivity index (χ1v) is 8.07. The molecule has 0 radical (unpaired) electrons. The highest BCUT2D eigenvalue weighted by Crippen LogP contribution is 2.26. The van der Waals surface area contributed by atoms with Crippen LogP contribution in [0.2, 0.25) is 0 Å². The van der Waals surface area contributed by atoms with Crippen LogP contribution < -0.4 is 5.32 Å². The fraction of sp³-hybridized carbons (Fsp3) is 0.750. The van der Waals surface area contributed by atoms with Crippen molar-refractivity contribution < 1.29 is 33.3 Å². The molecule has 1 aliphatic heterocycles.